The van der Waals surface area contributed by atoms with Crippen LogP contribution in [0, 0.1) is 6.92 Å². The van der Waals surface area contributed by atoms with Gasteiger partial charge in [0.05, 0.1) is 30.9 Å². The van der Waals surface area contributed by atoms with Crippen molar-refractivity contribution in [2.24, 2.45) is 0 Å². The van der Waals surface area contributed by atoms with Crippen molar-refractivity contribution in [2.75, 3.05) is 39.2 Å². The Bertz CT molecular complexity index is 917. The summed E-state index contributed by atoms with van der Waals surface area (Å²) in [6.45, 7) is 2.50. The third-order valence-electron chi connectivity index (χ3n) is 4.46. The Balaban J connectivity index is 1.71. The van der Waals surface area contributed by atoms with Gasteiger partial charge < -0.3 is 14.4 Å². The number of hydrogen-bond acceptors (Lipinski definition) is 7. The number of hydrogen-bond donors (Lipinski definition) is 0. The van der Waals surface area contributed by atoms with Crippen molar-refractivity contribution in [1.29, 1.82) is 0 Å². The molecule has 146 valence electrons. The smallest absolute Gasteiger partial charge is 0.243 e. The van der Waals surface area contributed by atoms with Crippen molar-refractivity contribution in [3.8, 4) is 11.6 Å². The number of sulfonamides is 1. The highest BCUT2D eigenvalue weighted by Gasteiger charge is 2.34. The average Bonchev–Trinajstić information content (AvgIpc) is 3.11. The number of benzene rings is 1. The molecule has 0 N–H and O–H groups in total. The number of nitrogens with zero attached hydrogens (tertiary/aromatic N) is 4. The molecule has 9 heteroatoms. The highest BCUT2D eigenvalue weighted by Crippen LogP contribution is 2.27. The Labute approximate surface area is 159 Å². The first kappa shape index (κ1) is 19.4. The number of ether oxygens (including phenoxy) is 2. The van der Waals surface area contributed by atoms with Gasteiger partial charge in [-0.15, -0.1) is 0 Å². The Morgan fingerprint density at radius 3 is 2.70 bits per heavy atom. The maximum atomic E-state index is 12.9. The molecule has 2 aromatic rings. The molecule has 3 rings (SSSR count). The molecule has 1 aliphatic rings. The summed E-state index contributed by atoms with van der Waals surface area (Å²) in [7, 11) is 1.72. The lowest BCUT2D eigenvalue weighted by Gasteiger charge is -2.18. The number of aryl methyl sites for hydroxylation is 1. The summed E-state index contributed by atoms with van der Waals surface area (Å²) in [5, 5.41) is 0. The van der Waals surface area contributed by atoms with Crippen LogP contribution in [0.4, 0.5) is 5.82 Å². The normalized spacial score (nSPS) is 17.7. The number of rotatable bonds is 6. The molecular weight excluding hydrogens is 368 g/mol. The minimum Gasteiger partial charge on any atom is -0.496 e. The van der Waals surface area contributed by atoms with E-state index in [1.54, 1.807) is 31.5 Å². The Morgan fingerprint density at radius 2 is 2.04 bits per heavy atom. The zero-order chi connectivity index (χ0) is 19.6. The predicted molar refractivity (Wildman–Crippen MR) is 102 cm³/mol. The van der Waals surface area contributed by atoms with Crippen LogP contribution in [0.25, 0.3) is 0 Å². The van der Waals surface area contributed by atoms with Crippen LogP contribution in [0.1, 0.15) is 12.0 Å². The first-order chi connectivity index (χ1) is 12.8. The minimum absolute atomic E-state index is 0.258. The van der Waals surface area contributed by atoms with Gasteiger partial charge in [0.1, 0.15) is 11.9 Å². The quantitative estimate of drug-likeness (QED) is 0.740. The SMILES string of the molecule is COc1ccc(S(=O)(=O)N2CCC(Oc3cncc(N(C)C)n3)C2)cc1C. The lowest BCUT2D eigenvalue weighted by atomic mass is 10.2. The van der Waals surface area contributed by atoms with Crippen LogP contribution in [0.15, 0.2) is 35.5 Å². The summed E-state index contributed by atoms with van der Waals surface area (Å²) >= 11 is 0. The van der Waals surface area contributed by atoms with Crippen LogP contribution >= 0.6 is 0 Å². The maximum Gasteiger partial charge on any atom is 0.243 e. The maximum absolute atomic E-state index is 12.9. The fraction of sp³-hybridized carbons (Fsp3) is 0.444. The van der Waals surface area contributed by atoms with Crippen LogP contribution in [-0.2, 0) is 10.0 Å². The highest BCUT2D eigenvalue weighted by molar-refractivity contribution is 7.89. The lowest BCUT2D eigenvalue weighted by molar-refractivity contribution is 0.206. The van der Waals surface area contributed by atoms with Gasteiger partial charge in [0.15, 0.2) is 5.82 Å². The molecule has 1 atom stereocenters. The van der Waals surface area contributed by atoms with E-state index in [1.165, 1.54) is 10.5 Å². The fourth-order valence-corrected chi connectivity index (χ4v) is 4.53. The van der Waals surface area contributed by atoms with Crippen LogP contribution < -0.4 is 14.4 Å². The molecule has 1 aliphatic heterocycles. The van der Waals surface area contributed by atoms with Crippen LogP contribution in [-0.4, -0.2) is 63.1 Å². The first-order valence-corrected chi connectivity index (χ1v) is 10.1. The first-order valence-electron chi connectivity index (χ1n) is 8.62. The minimum atomic E-state index is -3.58. The summed E-state index contributed by atoms with van der Waals surface area (Å²) in [6, 6.07) is 4.88. The number of anilines is 1. The molecule has 27 heavy (non-hydrogen) atoms. The molecule has 0 aliphatic carbocycles. The van der Waals surface area contributed by atoms with Gasteiger partial charge in [-0.1, -0.05) is 0 Å². The fourth-order valence-electron chi connectivity index (χ4n) is 2.95. The van der Waals surface area contributed by atoms with Crippen molar-refractivity contribution in [2.45, 2.75) is 24.3 Å². The van der Waals surface area contributed by atoms with Crippen molar-refractivity contribution in [1.82, 2.24) is 14.3 Å². The van der Waals surface area contributed by atoms with E-state index in [2.05, 4.69) is 9.97 Å². The average molecular weight is 392 g/mol. The van der Waals surface area contributed by atoms with Gasteiger partial charge in [-0.05, 0) is 37.1 Å². The Kier molecular flexibility index (Phi) is 5.52. The van der Waals surface area contributed by atoms with E-state index in [-0.39, 0.29) is 17.5 Å². The monoisotopic (exact) mass is 392 g/mol. The molecule has 0 radical (unpaired) electrons. The van der Waals surface area contributed by atoms with Crippen molar-refractivity contribution < 1.29 is 17.9 Å². The predicted octanol–water partition coefficient (Wildman–Crippen LogP) is 1.70. The van der Waals surface area contributed by atoms with E-state index in [9.17, 15) is 8.42 Å². The third kappa shape index (κ3) is 4.14. The summed E-state index contributed by atoms with van der Waals surface area (Å²) in [5.41, 5.74) is 0.779. The van der Waals surface area contributed by atoms with Gasteiger partial charge in [0, 0.05) is 20.6 Å². The molecule has 0 spiro atoms. The summed E-state index contributed by atoms with van der Waals surface area (Å²) in [5.74, 6) is 1.74. The summed E-state index contributed by atoms with van der Waals surface area (Å²) in [4.78, 5) is 10.6. The topological polar surface area (TPSA) is 84.9 Å². The lowest BCUT2D eigenvalue weighted by Crippen LogP contribution is -2.31. The van der Waals surface area contributed by atoms with E-state index >= 15 is 0 Å². The van der Waals surface area contributed by atoms with E-state index in [0.29, 0.717) is 30.4 Å². The van der Waals surface area contributed by atoms with Crippen LogP contribution in [0.2, 0.25) is 0 Å². The highest BCUT2D eigenvalue weighted by atomic mass is 32.2. The van der Waals surface area contributed by atoms with Gasteiger partial charge in [-0.3, -0.25) is 4.98 Å². The van der Waals surface area contributed by atoms with E-state index in [0.717, 1.165) is 5.56 Å². The second-order valence-electron chi connectivity index (χ2n) is 6.63. The van der Waals surface area contributed by atoms with E-state index in [1.807, 2.05) is 25.9 Å². The van der Waals surface area contributed by atoms with E-state index < -0.39 is 10.0 Å². The van der Waals surface area contributed by atoms with Crippen LogP contribution in [0.3, 0.4) is 0 Å². The third-order valence-corrected chi connectivity index (χ3v) is 6.32. The van der Waals surface area contributed by atoms with Gasteiger partial charge in [0.25, 0.3) is 0 Å². The second kappa shape index (κ2) is 7.69. The van der Waals surface area contributed by atoms with E-state index in [4.69, 9.17) is 9.47 Å². The molecule has 0 saturated carbocycles. The molecule has 1 aromatic heterocycles. The van der Waals surface area contributed by atoms with Gasteiger partial charge >= 0.3 is 0 Å². The molecule has 0 bridgehead atoms. The molecule has 1 saturated heterocycles. The van der Waals surface area contributed by atoms with Gasteiger partial charge in [0.2, 0.25) is 15.9 Å². The number of methoxy groups -OCH3 is 1. The number of aromatic nitrogens is 2. The zero-order valence-corrected chi connectivity index (χ0v) is 16.7. The van der Waals surface area contributed by atoms with Crippen molar-refractivity contribution >= 4 is 15.8 Å². The Morgan fingerprint density at radius 1 is 1.26 bits per heavy atom. The second-order valence-corrected chi connectivity index (χ2v) is 8.57. The van der Waals surface area contributed by atoms with Crippen molar-refractivity contribution in [3.05, 3.63) is 36.2 Å². The van der Waals surface area contributed by atoms with Gasteiger partial charge in [-0.2, -0.15) is 9.29 Å². The van der Waals surface area contributed by atoms with Crippen molar-refractivity contribution in [3.63, 3.8) is 0 Å². The molecule has 8 nitrogen and oxygen atoms in total. The summed E-state index contributed by atoms with van der Waals surface area (Å²) < 4.78 is 38.4. The summed E-state index contributed by atoms with van der Waals surface area (Å²) in [6.07, 6.45) is 3.52. The van der Waals surface area contributed by atoms with Gasteiger partial charge in [-0.25, -0.2) is 8.42 Å². The molecule has 2 heterocycles. The molecule has 0 amide bonds. The molecular formula is C18H24N4O4S. The zero-order valence-electron chi connectivity index (χ0n) is 15.9. The van der Waals surface area contributed by atoms with Crippen LogP contribution in [0.5, 0.6) is 11.6 Å². The standard InChI is InChI=1S/C18H24N4O4S/c1-13-9-15(5-6-16(13)25-4)27(23,24)22-8-7-14(12-22)26-18-11-19-10-17(20-18)21(2)3/h5-6,9-11,14H,7-8,12H2,1-4H3. The largest absolute Gasteiger partial charge is 0.496 e. The Hall–Kier alpha value is -2.39. The molecule has 1 aromatic carbocycles. The molecule has 1 unspecified atom stereocenters. The molecule has 1 fully saturated rings.